The molecule has 0 unspecified atom stereocenters. The molecule has 1 amide bonds. The molecule has 0 atom stereocenters. The van der Waals surface area contributed by atoms with Gasteiger partial charge in [0.15, 0.2) is 5.82 Å². The van der Waals surface area contributed by atoms with E-state index in [0.29, 0.717) is 10.7 Å². The Morgan fingerprint density at radius 3 is 2.87 bits per heavy atom. The van der Waals surface area contributed by atoms with E-state index in [1.54, 1.807) is 4.68 Å². The summed E-state index contributed by atoms with van der Waals surface area (Å²) in [6.07, 6.45) is 1.65. The number of amides is 1. The number of aryl methyl sites for hydroxylation is 1. The lowest BCUT2D eigenvalue weighted by molar-refractivity contribution is 0.0952. The van der Waals surface area contributed by atoms with Crippen molar-refractivity contribution in [3.8, 4) is 5.69 Å². The molecule has 0 spiro atoms. The van der Waals surface area contributed by atoms with Crippen molar-refractivity contribution in [2.45, 2.75) is 26.3 Å². The molecule has 118 valence electrons. The van der Waals surface area contributed by atoms with Crippen LogP contribution in [0, 0.1) is 0 Å². The van der Waals surface area contributed by atoms with Gasteiger partial charge in [0.25, 0.3) is 5.91 Å². The first kappa shape index (κ1) is 15.2. The topological polar surface area (TPSA) is 98.5 Å². The van der Waals surface area contributed by atoms with Gasteiger partial charge < -0.3 is 5.32 Å². The summed E-state index contributed by atoms with van der Waals surface area (Å²) in [7, 11) is 0. The van der Waals surface area contributed by atoms with Crippen LogP contribution in [0.4, 0.5) is 0 Å². The number of para-hydroxylation sites is 1. The molecule has 3 rings (SSSR count). The highest BCUT2D eigenvalue weighted by Gasteiger charge is 2.17. The Bertz CT molecular complexity index is 783. The lowest BCUT2D eigenvalue weighted by Crippen LogP contribution is -2.25. The van der Waals surface area contributed by atoms with Gasteiger partial charge >= 0.3 is 0 Å². The van der Waals surface area contributed by atoms with Gasteiger partial charge in [0.1, 0.15) is 4.88 Å². The molecule has 1 N–H and O–H groups in total. The molecule has 23 heavy (non-hydrogen) atoms. The van der Waals surface area contributed by atoms with Gasteiger partial charge in [0, 0.05) is 0 Å². The second-order valence-corrected chi connectivity index (χ2v) is 5.58. The van der Waals surface area contributed by atoms with E-state index in [-0.39, 0.29) is 12.5 Å². The van der Waals surface area contributed by atoms with E-state index in [4.69, 9.17) is 0 Å². The number of hydrogen-bond acceptors (Lipinski definition) is 7. The molecule has 2 aromatic heterocycles. The third-order valence-corrected chi connectivity index (χ3v) is 3.96. The van der Waals surface area contributed by atoms with Crippen LogP contribution < -0.4 is 5.32 Å². The van der Waals surface area contributed by atoms with Gasteiger partial charge in [-0.05, 0) is 40.5 Å². The van der Waals surface area contributed by atoms with Gasteiger partial charge in [-0.3, -0.25) is 4.79 Å². The molecule has 0 aliphatic carbocycles. The van der Waals surface area contributed by atoms with Crippen molar-refractivity contribution in [2.24, 2.45) is 0 Å². The van der Waals surface area contributed by atoms with Crippen molar-refractivity contribution >= 4 is 17.4 Å². The normalized spacial score (nSPS) is 10.7. The summed E-state index contributed by atoms with van der Waals surface area (Å²) < 4.78 is 5.45. The molecule has 2 heterocycles. The Kier molecular flexibility index (Phi) is 4.67. The van der Waals surface area contributed by atoms with Crippen LogP contribution in [0.15, 0.2) is 30.3 Å². The number of rotatable bonds is 6. The Morgan fingerprint density at radius 1 is 1.26 bits per heavy atom. The van der Waals surface area contributed by atoms with Gasteiger partial charge in [0.05, 0.1) is 17.9 Å². The van der Waals surface area contributed by atoms with Crippen molar-refractivity contribution in [1.29, 1.82) is 0 Å². The molecule has 1 aromatic carbocycles. The number of tetrazole rings is 1. The van der Waals surface area contributed by atoms with Gasteiger partial charge in [-0.2, -0.15) is 4.68 Å². The van der Waals surface area contributed by atoms with E-state index in [0.717, 1.165) is 35.8 Å². The number of nitrogens with zero attached hydrogens (tertiary/aromatic N) is 6. The van der Waals surface area contributed by atoms with Gasteiger partial charge in [-0.1, -0.05) is 36.0 Å². The quantitative estimate of drug-likeness (QED) is 0.734. The summed E-state index contributed by atoms with van der Waals surface area (Å²) in [5.74, 6) is 0.352. The monoisotopic (exact) mass is 329 g/mol. The predicted molar refractivity (Wildman–Crippen MR) is 84.2 cm³/mol. The van der Waals surface area contributed by atoms with Gasteiger partial charge in [-0.15, -0.1) is 10.2 Å². The molecule has 8 nitrogen and oxygen atoms in total. The first-order valence-corrected chi connectivity index (χ1v) is 7.99. The highest BCUT2D eigenvalue weighted by Crippen LogP contribution is 2.13. The lowest BCUT2D eigenvalue weighted by Gasteiger charge is -2.05. The fraction of sp³-hybridized carbons (Fsp3) is 0.286. The largest absolute Gasteiger partial charge is 0.344 e. The summed E-state index contributed by atoms with van der Waals surface area (Å²) in [6.45, 7) is 2.26. The second-order valence-electron chi connectivity index (χ2n) is 4.82. The van der Waals surface area contributed by atoms with Crippen LogP contribution >= 0.6 is 11.5 Å². The zero-order valence-electron chi connectivity index (χ0n) is 12.5. The number of carbonyl (C=O) groups is 1. The van der Waals surface area contributed by atoms with E-state index in [2.05, 4.69) is 30.4 Å². The molecule has 0 radical (unpaired) electrons. The van der Waals surface area contributed by atoms with Crippen molar-refractivity contribution in [3.63, 3.8) is 0 Å². The fourth-order valence-corrected chi connectivity index (χ4v) is 2.73. The zero-order chi connectivity index (χ0) is 16.1. The predicted octanol–water partition coefficient (Wildman–Crippen LogP) is 1.40. The molecular formula is C14H15N7OS. The molecule has 0 saturated heterocycles. The summed E-state index contributed by atoms with van der Waals surface area (Å²) in [5.41, 5.74) is 1.57. The number of carbonyl (C=O) groups excluding carboxylic acids is 1. The molecule has 3 aromatic rings. The molecule has 0 bridgehead atoms. The van der Waals surface area contributed by atoms with E-state index >= 15 is 0 Å². The highest BCUT2D eigenvalue weighted by atomic mass is 32.1. The van der Waals surface area contributed by atoms with Crippen molar-refractivity contribution in [3.05, 3.63) is 46.7 Å². The number of aromatic nitrogens is 6. The highest BCUT2D eigenvalue weighted by molar-refractivity contribution is 7.08. The third-order valence-electron chi connectivity index (χ3n) is 3.19. The van der Waals surface area contributed by atoms with E-state index in [1.807, 2.05) is 37.3 Å². The summed E-state index contributed by atoms with van der Waals surface area (Å²) in [5, 5.41) is 18.4. The second kappa shape index (κ2) is 7.05. The maximum Gasteiger partial charge on any atom is 0.265 e. The smallest absolute Gasteiger partial charge is 0.265 e. The van der Waals surface area contributed by atoms with Gasteiger partial charge in [0.2, 0.25) is 0 Å². The minimum absolute atomic E-state index is 0.203. The summed E-state index contributed by atoms with van der Waals surface area (Å²) >= 11 is 1.10. The average molecular weight is 329 g/mol. The molecular weight excluding hydrogens is 314 g/mol. The maximum atomic E-state index is 12.3. The van der Waals surface area contributed by atoms with Crippen molar-refractivity contribution in [1.82, 2.24) is 35.1 Å². The molecule has 0 aliphatic heterocycles. The SMILES string of the molecule is CCCc1nnsc1C(=O)NCc1nnnn1-c1ccccc1. The van der Waals surface area contributed by atoms with E-state index in [1.165, 1.54) is 0 Å². The first-order chi connectivity index (χ1) is 11.3. The molecule has 0 fully saturated rings. The Balaban J connectivity index is 1.71. The first-order valence-electron chi connectivity index (χ1n) is 7.21. The minimum atomic E-state index is -0.203. The standard InChI is InChI=1S/C14H15N7OS/c1-2-6-11-13(23-20-16-11)14(22)15-9-12-17-18-19-21(12)10-7-4-3-5-8-10/h3-5,7-8H,2,6,9H2,1H3,(H,15,22). The van der Waals surface area contributed by atoms with E-state index in [9.17, 15) is 4.79 Å². The van der Waals surface area contributed by atoms with Crippen LogP contribution in [0.1, 0.15) is 34.5 Å². The van der Waals surface area contributed by atoms with Crippen LogP contribution in [0.2, 0.25) is 0 Å². The summed E-state index contributed by atoms with van der Waals surface area (Å²) in [4.78, 5) is 12.8. The van der Waals surface area contributed by atoms with Crippen LogP contribution in [-0.4, -0.2) is 35.7 Å². The maximum absolute atomic E-state index is 12.3. The minimum Gasteiger partial charge on any atom is -0.344 e. The Hall–Kier alpha value is -2.68. The number of nitrogens with one attached hydrogen (secondary N) is 1. The lowest BCUT2D eigenvalue weighted by atomic mass is 10.2. The Labute approximate surface area is 136 Å². The van der Waals surface area contributed by atoms with E-state index < -0.39 is 0 Å². The van der Waals surface area contributed by atoms with Crippen LogP contribution in [0.5, 0.6) is 0 Å². The van der Waals surface area contributed by atoms with Crippen LogP contribution in [0.25, 0.3) is 5.69 Å². The molecule has 0 saturated carbocycles. The van der Waals surface area contributed by atoms with Crippen molar-refractivity contribution in [2.75, 3.05) is 0 Å². The van der Waals surface area contributed by atoms with Crippen LogP contribution in [0.3, 0.4) is 0 Å². The Morgan fingerprint density at radius 2 is 2.09 bits per heavy atom. The molecule has 9 heteroatoms. The fourth-order valence-electron chi connectivity index (χ4n) is 2.11. The average Bonchev–Trinajstić information content (AvgIpc) is 3.23. The van der Waals surface area contributed by atoms with Crippen LogP contribution in [-0.2, 0) is 13.0 Å². The molecule has 0 aliphatic rings. The summed E-state index contributed by atoms with van der Waals surface area (Å²) in [6, 6.07) is 9.52. The third kappa shape index (κ3) is 3.39. The van der Waals surface area contributed by atoms with Gasteiger partial charge in [-0.25, -0.2) is 0 Å². The number of hydrogen-bond donors (Lipinski definition) is 1. The van der Waals surface area contributed by atoms with Crippen molar-refractivity contribution < 1.29 is 4.79 Å². The number of benzene rings is 1. The zero-order valence-corrected chi connectivity index (χ0v) is 13.3.